The van der Waals surface area contributed by atoms with Gasteiger partial charge in [0.05, 0.1) is 0 Å². The van der Waals surface area contributed by atoms with Gasteiger partial charge in [-0.25, -0.2) is 0 Å². The number of ether oxygens (including phenoxy) is 1. The lowest BCUT2D eigenvalue weighted by molar-refractivity contribution is -0.180. The Labute approximate surface area is 95.5 Å². The molecule has 1 aromatic carbocycles. The number of halogens is 4. The van der Waals surface area contributed by atoms with Gasteiger partial charge in [-0.3, -0.25) is 0 Å². The molecule has 0 aromatic heterocycles. The van der Waals surface area contributed by atoms with Crippen LogP contribution in [0.4, 0.5) is 13.2 Å². The minimum absolute atomic E-state index is 0.215. The second-order valence-electron chi connectivity index (χ2n) is 3.52. The van der Waals surface area contributed by atoms with Gasteiger partial charge in [0.1, 0.15) is 5.75 Å². The maximum atomic E-state index is 12.4. The molecule has 0 bridgehead atoms. The molecule has 5 heteroatoms. The molecule has 0 N–H and O–H groups in total. The largest absolute Gasteiger partial charge is 0.476 e. The van der Waals surface area contributed by atoms with Crippen LogP contribution in [0.5, 0.6) is 5.75 Å². The molecule has 86 valence electrons. The van der Waals surface area contributed by atoms with E-state index in [1.807, 2.05) is 0 Å². The highest BCUT2D eigenvalue weighted by molar-refractivity contribution is 6.31. The molecular formula is C11H8ClF3O. The molecule has 0 fully saturated rings. The normalized spacial score (nSPS) is 19.2. The van der Waals surface area contributed by atoms with Crippen molar-refractivity contribution in [1.82, 2.24) is 0 Å². The number of rotatable bonds is 0. The first-order valence-corrected chi connectivity index (χ1v) is 4.98. The van der Waals surface area contributed by atoms with Crippen LogP contribution in [-0.2, 0) is 0 Å². The summed E-state index contributed by atoms with van der Waals surface area (Å²) >= 11 is 5.86. The van der Waals surface area contributed by atoms with Crippen molar-refractivity contribution in [2.45, 2.75) is 19.2 Å². The third-order valence-electron chi connectivity index (χ3n) is 2.42. The summed E-state index contributed by atoms with van der Waals surface area (Å²) in [6, 6.07) is 2.98. The SMILES string of the molecule is Cc1c(Cl)ccc2c1C=CC(C(F)(F)F)O2. The molecule has 1 atom stereocenters. The molecule has 1 aliphatic heterocycles. The molecule has 0 saturated carbocycles. The van der Waals surface area contributed by atoms with E-state index in [0.717, 1.165) is 11.6 Å². The second kappa shape index (κ2) is 3.70. The standard InChI is InChI=1S/C11H8ClF3O/c1-6-7-2-5-10(11(13,14)15)16-9(7)4-3-8(6)12/h2-5,10H,1H3. The van der Waals surface area contributed by atoms with Gasteiger partial charge >= 0.3 is 6.18 Å². The predicted molar refractivity (Wildman–Crippen MR) is 55.7 cm³/mol. The van der Waals surface area contributed by atoms with Gasteiger partial charge in [-0.2, -0.15) is 13.2 Å². The maximum absolute atomic E-state index is 12.4. The van der Waals surface area contributed by atoms with E-state index in [1.165, 1.54) is 18.2 Å². The average molecular weight is 249 g/mol. The Balaban J connectivity index is 2.41. The van der Waals surface area contributed by atoms with Crippen LogP contribution in [0.15, 0.2) is 18.2 Å². The van der Waals surface area contributed by atoms with Crippen LogP contribution >= 0.6 is 11.6 Å². The predicted octanol–water partition coefficient (Wildman–Crippen LogP) is 3.98. The Morgan fingerprint density at radius 3 is 2.62 bits per heavy atom. The molecule has 1 aliphatic rings. The molecule has 0 amide bonds. The van der Waals surface area contributed by atoms with E-state index in [4.69, 9.17) is 16.3 Å². The van der Waals surface area contributed by atoms with E-state index >= 15 is 0 Å². The van der Waals surface area contributed by atoms with Crippen LogP contribution in [0.2, 0.25) is 5.02 Å². The molecule has 2 rings (SSSR count). The molecule has 0 radical (unpaired) electrons. The summed E-state index contributed by atoms with van der Waals surface area (Å²) in [5.74, 6) is 0.215. The van der Waals surface area contributed by atoms with E-state index in [2.05, 4.69) is 0 Å². The molecule has 0 saturated heterocycles. The van der Waals surface area contributed by atoms with Crippen molar-refractivity contribution in [2.75, 3.05) is 0 Å². The molecule has 16 heavy (non-hydrogen) atoms. The minimum Gasteiger partial charge on any atom is -0.476 e. The smallest absolute Gasteiger partial charge is 0.429 e. The molecular weight excluding hydrogens is 241 g/mol. The van der Waals surface area contributed by atoms with Gasteiger partial charge in [0.15, 0.2) is 0 Å². The van der Waals surface area contributed by atoms with Crippen molar-refractivity contribution >= 4 is 17.7 Å². The number of benzene rings is 1. The topological polar surface area (TPSA) is 9.23 Å². The zero-order valence-corrected chi connectivity index (χ0v) is 9.06. The lowest BCUT2D eigenvalue weighted by Crippen LogP contribution is -2.33. The lowest BCUT2D eigenvalue weighted by Gasteiger charge is -2.24. The Hall–Kier alpha value is -1.16. The maximum Gasteiger partial charge on any atom is 0.429 e. The Bertz CT molecular complexity index is 451. The Morgan fingerprint density at radius 2 is 2.00 bits per heavy atom. The molecule has 0 spiro atoms. The van der Waals surface area contributed by atoms with Gasteiger partial charge in [-0.1, -0.05) is 17.7 Å². The summed E-state index contributed by atoms with van der Waals surface area (Å²) in [5.41, 5.74) is 1.32. The fourth-order valence-corrected chi connectivity index (χ4v) is 1.69. The van der Waals surface area contributed by atoms with Crippen molar-refractivity contribution in [3.63, 3.8) is 0 Å². The second-order valence-corrected chi connectivity index (χ2v) is 3.93. The average Bonchev–Trinajstić information content (AvgIpc) is 2.22. The van der Waals surface area contributed by atoms with Gasteiger partial charge in [0, 0.05) is 10.6 Å². The van der Waals surface area contributed by atoms with Crippen LogP contribution < -0.4 is 4.74 Å². The highest BCUT2D eigenvalue weighted by atomic mass is 35.5. The third kappa shape index (κ3) is 1.89. The van der Waals surface area contributed by atoms with Crippen molar-refractivity contribution < 1.29 is 17.9 Å². The van der Waals surface area contributed by atoms with Crippen LogP contribution in [-0.4, -0.2) is 12.3 Å². The van der Waals surface area contributed by atoms with Crippen LogP contribution in [0.3, 0.4) is 0 Å². The summed E-state index contributed by atoms with van der Waals surface area (Å²) in [6.45, 7) is 1.74. The van der Waals surface area contributed by atoms with Gasteiger partial charge in [0.2, 0.25) is 6.10 Å². The molecule has 1 unspecified atom stereocenters. The van der Waals surface area contributed by atoms with E-state index in [-0.39, 0.29) is 5.75 Å². The van der Waals surface area contributed by atoms with Crippen LogP contribution in [0.1, 0.15) is 11.1 Å². The number of hydrogen-bond donors (Lipinski definition) is 0. The zero-order chi connectivity index (χ0) is 11.9. The first-order chi connectivity index (χ1) is 7.39. The lowest BCUT2D eigenvalue weighted by atomic mass is 10.0. The van der Waals surface area contributed by atoms with E-state index < -0.39 is 12.3 Å². The number of hydrogen-bond acceptors (Lipinski definition) is 1. The quantitative estimate of drug-likeness (QED) is 0.675. The monoisotopic (exact) mass is 248 g/mol. The highest BCUT2D eigenvalue weighted by Crippen LogP contribution is 2.36. The van der Waals surface area contributed by atoms with Crippen LogP contribution in [0, 0.1) is 6.92 Å². The first kappa shape index (κ1) is 11.3. The zero-order valence-electron chi connectivity index (χ0n) is 8.31. The van der Waals surface area contributed by atoms with Gasteiger partial charge in [-0.05, 0) is 30.7 Å². The summed E-state index contributed by atoms with van der Waals surface area (Å²) < 4.78 is 42.1. The van der Waals surface area contributed by atoms with E-state index in [0.29, 0.717) is 10.6 Å². The van der Waals surface area contributed by atoms with E-state index in [9.17, 15) is 13.2 Å². The fourth-order valence-electron chi connectivity index (χ4n) is 1.52. The van der Waals surface area contributed by atoms with E-state index in [1.54, 1.807) is 6.92 Å². The summed E-state index contributed by atoms with van der Waals surface area (Å²) in [7, 11) is 0. The molecule has 1 heterocycles. The van der Waals surface area contributed by atoms with Crippen molar-refractivity contribution in [2.24, 2.45) is 0 Å². The number of fused-ring (bicyclic) bond motifs is 1. The van der Waals surface area contributed by atoms with Crippen LogP contribution in [0.25, 0.3) is 6.08 Å². The molecule has 1 aromatic rings. The van der Waals surface area contributed by atoms with Gasteiger partial charge in [-0.15, -0.1) is 0 Å². The number of alkyl halides is 3. The summed E-state index contributed by atoms with van der Waals surface area (Å²) in [5, 5.41) is 0.512. The highest BCUT2D eigenvalue weighted by Gasteiger charge is 2.41. The summed E-state index contributed by atoms with van der Waals surface area (Å²) in [4.78, 5) is 0. The van der Waals surface area contributed by atoms with Crippen molar-refractivity contribution in [3.8, 4) is 5.75 Å². The van der Waals surface area contributed by atoms with Crippen molar-refractivity contribution in [1.29, 1.82) is 0 Å². The molecule has 1 nitrogen and oxygen atoms in total. The first-order valence-electron chi connectivity index (χ1n) is 4.60. The van der Waals surface area contributed by atoms with Gasteiger partial charge < -0.3 is 4.74 Å². The van der Waals surface area contributed by atoms with Crippen molar-refractivity contribution in [3.05, 3.63) is 34.4 Å². The molecule has 0 aliphatic carbocycles. The fraction of sp³-hybridized carbons (Fsp3) is 0.273. The minimum atomic E-state index is -4.39. The Morgan fingerprint density at radius 1 is 1.31 bits per heavy atom. The summed E-state index contributed by atoms with van der Waals surface area (Å²) in [6.07, 6.45) is -3.87. The Kier molecular flexibility index (Phi) is 2.62. The third-order valence-corrected chi connectivity index (χ3v) is 2.83. The van der Waals surface area contributed by atoms with Gasteiger partial charge in [0.25, 0.3) is 0 Å².